The van der Waals surface area contributed by atoms with Crippen LogP contribution in [-0.4, -0.2) is 31.2 Å². The van der Waals surface area contributed by atoms with Gasteiger partial charge in [0, 0.05) is 10.9 Å². The molecule has 0 aliphatic heterocycles. The Morgan fingerprint density at radius 2 is 1.88 bits per heavy atom. The van der Waals surface area contributed by atoms with Gasteiger partial charge in [-0.1, -0.05) is 0 Å². The number of H-pyrrole nitrogens is 1. The topological polar surface area (TPSA) is 63.4 Å². The Kier molecular flexibility index (Phi) is 4.65. The summed E-state index contributed by atoms with van der Waals surface area (Å²) in [5.74, 6) is 0.864. The molecule has 3 aromatic rings. The highest BCUT2D eigenvalue weighted by Crippen LogP contribution is 2.17. The number of aromatic nitrogens is 1. The molecule has 0 atom stereocenters. The molecule has 0 unspecified atom stereocenters. The maximum atomic E-state index is 13.2. The molecule has 0 aliphatic rings. The zero-order chi connectivity index (χ0) is 16.9. The zero-order valence-corrected chi connectivity index (χ0v) is 13.1. The number of ether oxygens (including phenoxy) is 2. The second kappa shape index (κ2) is 7.04. The summed E-state index contributed by atoms with van der Waals surface area (Å²) in [5, 5.41) is 3.42. The first-order chi connectivity index (χ1) is 11.7. The molecule has 2 aromatic carbocycles. The predicted octanol–water partition coefficient (Wildman–Crippen LogP) is 3.12. The van der Waals surface area contributed by atoms with Gasteiger partial charge in [0.15, 0.2) is 0 Å². The molecule has 0 aliphatic carbocycles. The fraction of sp³-hybridized carbons (Fsp3) is 0.167. The zero-order valence-electron chi connectivity index (χ0n) is 13.1. The van der Waals surface area contributed by atoms with Crippen LogP contribution in [0.3, 0.4) is 0 Å². The van der Waals surface area contributed by atoms with Gasteiger partial charge in [-0.25, -0.2) is 4.39 Å². The number of rotatable bonds is 6. The van der Waals surface area contributed by atoms with E-state index < -0.39 is 0 Å². The molecule has 1 aromatic heterocycles. The minimum atomic E-state index is -0.332. The molecule has 0 fully saturated rings. The third-order valence-electron chi connectivity index (χ3n) is 3.54. The van der Waals surface area contributed by atoms with E-state index in [1.54, 1.807) is 43.5 Å². The summed E-state index contributed by atoms with van der Waals surface area (Å²) >= 11 is 0. The maximum absolute atomic E-state index is 13.2. The standard InChI is InChI=1S/C18H17FN2O3/c1-23-14-3-5-15(6-4-14)24-9-8-20-18(22)17-11-12-10-13(19)2-7-16(12)21-17/h2-7,10-11,21H,8-9H2,1H3,(H,20,22). The summed E-state index contributed by atoms with van der Waals surface area (Å²) in [7, 11) is 1.60. The summed E-state index contributed by atoms with van der Waals surface area (Å²) in [6, 6.07) is 13.2. The lowest BCUT2D eigenvalue weighted by Gasteiger charge is -2.07. The van der Waals surface area contributed by atoms with E-state index in [4.69, 9.17) is 9.47 Å². The van der Waals surface area contributed by atoms with Crippen molar-refractivity contribution in [2.24, 2.45) is 0 Å². The molecule has 0 spiro atoms. The van der Waals surface area contributed by atoms with Gasteiger partial charge < -0.3 is 19.8 Å². The van der Waals surface area contributed by atoms with Gasteiger partial charge in [0.25, 0.3) is 5.91 Å². The summed E-state index contributed by atoms with van der Waals surface area (Å²) in [6.45, 7) is 0.696. The van der Waals surface area contributed by atoms with Crippen molar-refractivity contribution in [3.63, 3.8) is 0 Å². The molecular formula is C18H17FN2O3. The number of fused-ring (bicyclic) bond motifs is 1. The van der Waals surface area contributed by atoms with Crippen LogP contribution >= 0.6 is 0 Å². The van der Waals surface area contributed by atoms with Crippen LogP contribution in [0.5, 0.6) is 11.5 Å². The van der Waals surface area contributed by atoms with Crippen molar-refractivity contribution in [3.05, 3.63) is 60.0 Å². The monoisotopic (exact) mass is 328 g/mol. The third-order valence-corrected chi connectivity index (χ3v) is 3.54. The van der Waals surface area contributed by atoms with Crippen LogP contribution in [0.25, 0.3) is 10.9 Å². The van der Waals surface area contributed by atoms with Gasteiger partial charge in [0.1, 0.15) is 29.6 Å². The number of hydrogen-bond acceptors (Lipinski definition) is 3. The summed E-state index contributed by atoms with van der Waals surface area (Å²) in [4.78, 5) is 15.0. The van der Waals surface area contributed by atoms with Crippen LogP contribution in [0.4, 0.5) is 4.39 Å². The van der Waals surface area contributed by atoms with E-state index >= 15 is 0 Å². The quantitative estimate of drug-likeness (QED) is 0.683. The smallest absolute Gasteiger partial charge is 0.267 e. The van der Waals surface area contributed by atoms with E-state index in [-0.39, 0.29) is 11.7 Å². The lowest BCUT2D eigenvalue weighted by Crippen LogP contribution is -2.28. The second-order valence-electron chi connectivity index (χ2n) is 5.19. The second-order valence-corrected chi connectivity index (χ2v) is 5.19. The van der Waals surface area contributed by atoms with E-state index in [1.165, 1.54) is 12.1 Å². The Balaban J connectivity index is 1.51. The highest BCUT2D eigenvalue weighted by atomic mass is 19.1. The fourth-order valence-electron chi connectivity index (χ4n) is 2.33. The number of amides is 1. The molecule has 2 N–H and O–H groups in total. The van der Waals surface area contributed by atoms with Gasteiger partial charge in [0.2, 0.25) is 0 Å². The lowest BCUT2D eigenvalue weighted by atomic mass is 10.2. The molecule has 5 nitrogen and oxygen atoms in total. The van der Waals surface area contributed by atoms with E-state index in [2.05, 4.69) is 10.3 Å². The van der Waals surface area contributed by atoms with Crippen LogP contribution in [0.15, 0.2) is 48.5 Å². The average Bonchev–Trinajstić information content (AvgIpc) is 3.02. The van der Waals surface area contributed by atoms with E-state index in [0.717, 1.165) is 11.3 Å². The van der Waals surface area contributed by atoms with Gasteiger partial charge in [-0.15, -0.1) is 0 Å². The van der Waals surface area contributed by atoms with Crippen molar-refractivity contribution < 1.29 is 18.7 Å². The number of nitrogens with one attached hydrogen (secondary N) is 2. The number of hydrogen-bond donors (Lipinski definition) is 2. The molecule has 0 saturated heterocycles. The molecule has 3 rings (SSSR count). The Morgan fingerprint density at radius 3 is 2.62 bits per heavy atom. The Hall–Kier alpha value is -3.02. The molecule has 0 bridgehead atoms. The number of carbonyl (C=O) groups excluding carboxylic acids is 1. The minimum absolute atomic E-state index is 0.259. The normalized spacial score (nSPS) is 10.6. The van der Waals surface area contributed by atoms with Crippen molar-refractivity contribution in [2.45, 2.75) is 0 Å². The van der Waals surface area contributed by atoms with Crippen molar-refractivity contribution >= 4 is 16.8 Å². The molecular weight excluding hydrogens is 311 g/mol. The predicted molar refractivity (Wildman–Crippen MR) is 89.1 cm³/mol. The summed E-state index contributed by atoms with van der Waals surface area (Å²) < 4.78 is 23.8. The highest BCUT2D eigenvalue weighted by molar-refractivity contribution is 5.97. The fourth-order valence-corrected chi connectivity index (χ4v) is 2.33. The Bertz CT molecular complexity index is 843. The molecule has 0 radical (unpaired) electrons. The molecule has 1 amide bonds. The summed E-state index contributed by atoms with van der Waals surface area (Å²) in [6.07, 6.45) is 0. The first kappa shape index (κ1) is 15.9. The van der Waals surface area contributed by atoms with Gasteiger partial charge in [-0.05, 0) is 48.5 Å². The van der Waals surface area contributed by atoms with Crippen molar-refractivity contribution in [1.82, 2.24) is 10.3 Å². The third kappa shape index (κ3) is 3.65. The van der Waals surface area contributed by atoms with Crippen LogP contribution < -0.4 is 14.8 Å². The number of methoxy groups -OCH3 is 1. The van der Waals surface area contributed by atoms with Crippen LogP contribution in [0, 0.1) is 5.82 Å². The first-order valence-electron chi connectivity index (χ1n) is 7.49. The van der Waals surface area contributed by atoms with E-state index in [1.807, 2.05) is 0 Å². The van der Waals surface area contributed by atoms with Crippen LogP contribution in [0.1, 0.15) is 10.5 Å². The molecule has 1 heterocycles. The molecule has 0 saturated carbocycles. The number of aromatic amines is 1. The average molecular weight is 328 g/mol. The first-order valence-corrected chi connectivity index (χ1v) is 7.49. The van der Waals surface area contributed by atoms with Crippen molar-refractivity contribution in [1.29, 1.82) is 0 Å². The Morgan fingerprint density at radius 1 is 1.12 bits per heavy atom. The van der Waals surface area contributed by atoms with Crippen LogP contribution in [-0.2, 0) is 0 Å². The summed E-state index contributed by atoms with van der Waals surface area (Å²) in [5.41, 5.74) is 1.11. The van der Waals surface area contributed by atoms with Gasteiger partial charge in [-0.3, -0.25) is 4.79 Å². The number of benzene rings is 2. The van der Waals surface area contributed by atoms with Gasteiger partial charge in [0.05, 0.1) is 13.7 Å². The largest absolute Gasteiger partial charge is 0.497 e. The van der Waals surface area contributed by atoms with E-state index in [0.29, 0.717) is 30.0 Å². The lowest BCUT2D eigenvalue weighted by molar-refractivity contribution is 0.0943. The molecule has 6 heteroatoms. The van der Waals surface area contributed by atoms with Gasteiger partial charge >= 0.3 is 0 Å². The van der Waals surface area contributed by atoms with Crippen molar-refractivity contribution in [2.75, 3.05) is 20.3 Å². The van der Waals surface area contributed by atoms with E-state index in [9.17, 15) is 9.18 Å². The SMILES string of the molecule is COc1ccc(OCCNC(=O)c2cc3cc(F)ccc3[nH]2)cc1. The molecule has 124 valence electrons. The number of carbonyl (C=O) groups is 1. The van der Waals surface area contributed by atoms with Crippen LogP contribution in [0.2, 0.25) is 0 Å². The minimum Gasteiger partial charge on any atom is -0.497 e. The van der Waals surface area contributed by atoms with Gasteiger partial charge in [-0.2, -0.15) is 0 Å². The molecule has 24 heavy (non-hydrogen) atoms. The number of halogens is 1. The van der Waals surface area contributed by atoms with Crippen molar-refractivity contribution in [3.8, 4) is 11.5 Å². The highest BCUT2D eigenvalue weighted by Gasteiger charge is 2.09. The maximum Gasteiger partial charge on any atom is 0.267 e. The Labute approximate surface area is 138 Å².